The predicted octanol–water partition coefficient (Wildman–Crippen LogP) is -1.93. The van der Waals surface area contributed by atoms with Crippen molar-refractivity contribution in [2.75, 3.05) is 6.61 Å². The van der Waals surface area contributed by atoms with E-state index in [4.69, 9.17) is 26.1 Å². The lowest BCUT2D eigenvalue weighted by molar-refractivity contribution is -0.140. The molecule has 1 aliphatic rings. The van der Waals surface area contributed by atoms with Crippen molar-refractivity contribution in [3.05, 3.63) is 11.8 Å². The molecule has 1 aliphatic carbocycles. The largest absolute Gasteiger partial charge is 0.480 e. The number of carbonyl (C=O) groups is 3. The average molecular weight is 356 g/mol. The van der Waals surface area contributed by atoms with E-state index in [0.29, 0.717) is 12.8 Å². The van der Waals surface area contributed by atoms with Crippen LogP contribution in [0.25, 0.3) is 0 Å². The molecule has 1 aromatic rings. The van der Waals surface area contributed by atoms with Crippen molar-refractivity contribution in [3.63, 3.8) is 0 Å². The number of carboxylic acid groups (broad SMARTS) is 1. The number of urea groups is 1. The highest BCUT2D eigenvalue weighted by molar-refractivity contribution is 5.82. The van der Waals surface area contributed by atoms with Crippen molar-refractivity contribution in [2.45, 2.75) is 43.3 Å². The fourth-order valence-electron chi connectivity index (χ4n) is 2.01. The van der Waals surface area contributed by atoms with Crippen molar-refractivity contribution in [1.29, 1.82) is 0 Å². The molecule has 1 fully saturated rings. The first-order valence-corrected chi connectivity index (χ1v) is 7.57. The highest BCUT2D eigenvalue weighted by Crippen LogP contribution is 2.42. The molecule has 8 N–H and O–H groups in total. The number of aliphatic hydroxyl groups is 1. The second-order valence-electron chi connectivity index (χ2n) is 5.85. The van der Waals surface area contributed by atoms with Gasteiger partial charge in [-0.2, -0.15) is 0 Å². The van der Waals surface area contributed by atoms with Crippen LogP contribution in [0.5, 0.6) is 0 Å². The molecule has 25 heavy (non-hydrogen) atoms. The highest BCUT2D eigenvalue weighted by atomic mass is 16.4. The average Bonchev–Trinajstić information content (AvgIpc) is 3.10. The van der Waals surface area contributed by atoms with E-state index in [2.05, 4.69) is 20.8 Å². The van der Waals surface area contributed by atoms with Crippen LogP contribution in [0.15, 0.2) is 4.42 Å². The standard InChI is InChI=1S/C13H20N6O6/c14-8(21)2-1-6(16-12(24)17-7(5-20)10(22)23)9-18-19-11(25-9)13(15)3-4-13/h6-7,20H,1-5,15H2,(H2,14,21)(H,22,23)(H2,16,17,24)/t6-,7?/m0/s1. The molecule has 12 nitrogen and oxygen atoms in total. The van der Waals surface area contributed by atoms with Gasteiger partial charge in [-0.1, -0.05) is 0 Å². The van der Waals surface area contributed by atoms with E-state index in [-0.39, 0.29) is 24.6 Å². The molecule has 0 saturated heterocycles. The molecule has 1 aromatic heterocycles. The zero-order valence-electron chi connectivity index (χ0n) is 13.3. The van der Waals surface area contributed by atoms with E-state index < -0.39 is 42.1 Å². The number of aliphatic carboxylic acids is 1. The quantitative estimate of drug-likeness (QED) is 0.290. The maximum Gasteiger partial charge on any atom is 0.328 e. The summed E-state index contributed by atoms with van der Waals surface area (Å²) in [5, 5.41) is 29.9. The minimum Gasteiger partial charge on any atom is -0.480 e. The molecule has 2 rings (SSSR count). The van der Waals surface area contributed by atoms with E-state index in [9.17, 15) is 14.4 Å². The lowest BCUT2D eigenvalue weighted by Crippen LogP contribution is -2.48. The van der Waals surface area contributed by atoms with Crippen molar-refractivity contribution in [1.82, 2.24) is 20.8 Å². The Labute approximate surface area is 141 Å². The van der Waals surface area contributed by atoms with Gasteiger partial charge in [0, 0.05) is 6.42 Å². The van der Waals surface area contributed by atoms with Crippen molar-refractivity contribution < 1.29 is 29.0 Å². The highest BCUT2D eigenvalue weighted by Gasteiger charge is 2.45. The zero-order valence-corrected chi connectivity index (χ0v) is 13.3. The number of hydrogen-bond acceptors (Lipinski definition) is 8. The first-order valence-electron chi connectivity index (χ1n) is 7.57. The van der Waals surface area contributed by atoms with Crippen LogP contribution in [0.3, 0.4) is 0 Å². The van der Waals surface area contributed by atoms with Gasteiger partial charge < -0.3 is 36.7 Å². The molecule has 12 heteroatoms. The lowest BCUT2D eigenvalue weighted by Gasteiger charge is -2.17. The van der Waals surface area contributed by atoms with E-state index in [1.54, 1.807) is 0 Å². The minimum absolute atomic E-state index is 0.0269. The second-order valence-corrected chi connectivity index (χ2v) is 5.85. The molecule has 1 saturated carbocycles. The molecule has 1 heterocycles. The molecule has 2 atom stereocenters. The lowest BCUT2D eigenvalue weighted by atomic mass is 10.1. The number of aromatic nitrogens is 2. The van der Waals surface area contributed by atoms with Gasteiger partial charge in [-0.05, 0) is 19.3 Å². The first-order chi connectivity index (χ1) is 11.7. The Morgan fingerprint density at radius 3 is 2.48 bits per heavy atom. The fraction of sp³-hybridized carbons (Fsp3) is 0.615. The van der Waals surface area contributed by atoms with Gasteiger partial charge in [0.15, 0.2) is 6.04 Å². The molecule has 1 unspecified atom stereocenters. The Kier molecular flexibility index (Phi) is 5.54. The van der Waals surface area contributed by atoms with Crippen LogP contribution in [0.1, 0.15) is 43.5 Å². The molecular weight excluding hydrogens is 336 g/mol. The van der Waals surface area contributed by atoms with Crippen LogP contribution in [-0.4, -0.2) is 51.0 Å². The van der Waals surface area contributed by atoms with Gasteiger partial charge in [0.25, 0.3) is 0 Å². The van der Waals surface area contributed by atoms with Gasteiger partial charge in [0.2, 0.25) is 17.7 Å². The van der Waals surface area contributed by atoms with E-state index in [0.717, 1.165) is 0 Å². The molecular formula is C13H20N6O6. The summed E-state index contributed by atoms with van der Waals surface area (Å²) in [7, 11) is 0. The third-order valence-electron chi connectivity index (χ3n) is 3.72. The molecule has 0 aromatic carbocycles. The summed E-state index contributed by atoms with van der Waals surface area (Å²) < 4.78 is 5.48. The smallest absolute Gasteiger partial charge is 0.328 e. The topological polar surface area (TPSA) is 207 Å². The Balaban J connectivity index is 2.07. The summed E-state index contributed by atoms with van der Waals surface area (Å²) in [5.74, 6) is -1.74. The third kappa shape index (κ3) is 4.87. The molecule has 0 spiro atoms. The summed E-state index contributed by atoms with van der Waals surface area (Å²) in [5.41, 5.74) is 10.4. The third-order valence-corrected chi connectivity index (χ3v) is 3.72. The maximum atomic E-state index is 11.9. The summed E-state index contributed by atoms with van der Waals surface area (Å²) >= 11 is 0. The molecule has 0 bridgehead atoms. The van der Waals surface area contributed by atoms with Gasteiger partial charge in [0.1, 0.15) is 6.04 Å². The maximum absolute atomic E-state index is 11.9. The fourth-order valence-corrected chi connectivity index (χ4v) is 2.01. The summed E-state index contributed by atoms with van der Waals surface area (Å²) in [6.45, 7) is -0.783. The van der Waals surface area contributed by atoms with E-state index in [1.165, 1.54) is 0 Å². The summed E-state index contributed by atoms with van der Waals surface area (Å²) in [6, 6.07) is -3.23. The van der Waals surface area contributed by atoms with Crippen molar-refractivity contribution in [2.24, 2.45) is 11.5 Å². The Morgan fingerprint density at radius 1 is 1.28 bits per heavy atom. The van der Waals surface area contributed by atoms with Crippen molar-refractivity contribution in [3.8, 4) is 0 Å². The minimum atomic E-state index is -1.48. The van der Waals surface area contributed by atoms with Gasteiger partial charge in [-0.25, -0.2) is 9.59 Å². The van der Waals surface area contributed by atoms with E-state index in [1.807, 2.05) is 0 Å². The van der Waals surface area contributed by atoms with Gasteiger partial charge in [0.05, 0.1) is 12.1 Å². The first kappa shape index (κ1) is 18.6. The number of aliphatic hydroxyl groups excluding tert-OH is 1. The van der Waals surface area contributed by atoms with Crippen LogP contribution < -0.4 is 22.1 Å². The second kappa shape index (κ2) is 7.44. The number of primary amides is 1. The Bertz CT molecular complexity index is 657. The number of nitrogens with two attached hydrogens (primary N) is 2. The number of nitrogens with one attached hydrogen (secondary N) is 2. The number of carbonyl (C=O) groups excluding carboxylic acids is 2. The number of amides is 3. The zero-order chi connectivity index (χ0) is 18.6. The Morgan fingerprint density at radius 2 is 1.96 bits per heavy atom. The van der Waals surface area contributed by atoms with Crippen LogP contribution in [-0.2, 0) is 15.1 Å². The van der Waals surface area contributed by atoms with Gasteiger partial charge in [-0.15, -0.1) is 10.2 Å². The number of carboxylic acids is 1. The predicted molar refractivity (Wildman–Crippen MR) is 80.7 cm³/mol. The summed E-state index contributed by atoms with van der Waals surface area (Å²) in [4.78, 5) is 33.8. The van der Waals surface area contributed by atoms with Crippen molar-refractivity contribution >= 4 is 17.9 Å². The summed E-state index contributed by atoms with van der Waals surface area (Å²) in [6.07, 6.45) is 1.40. The molecule has 3 amide bonds. The van der Waals surface area contributed by atoms with E-state index >= 15 is 0 Å². The number of nitrogens with zero attached hydrogens (tertiary/aromatic N) is 2. The van der Waals surface area contributed by atoms with Gasteiger partial charge >= 0.3 is 12.0 Å². The monoisotopic (exact) mass is 356 g/mol. The Hall–Kier alpha value is -2.73. The molecule has 0 radical (unpaired) electrons. The van der Waals surface area contributed by atoms with Gasteiger partial charge in [-0.3, -0.25) is 4.79 Å². The SMILES string of the molecule is NC(=O)CC[C@H](NC(=O)NC(CO)C(=O)O)c1nnc(C2(N)CC2)o1. The number of hydrogen-bond donors (Lipinski definition) is 6. The number of rotatable bonds is 9. The van der Waals surface area contributed by atoms with Crippen LogP contribution in [0, 0.1) is 0 Å². The molecule has 138 valence electrons. The normalized spacial score (nSPS) is 17.4. The van der Waals surface area contributed by atoms with Crippen LogP contribution >= 0.6 is 0 Å². The van der Waals surface area contributed by atoms with Crippen LogP contribution in [0.4, 0.5) is 4.79 Å². The van der Waals surface area contributed by atoms with Crippen LogP contribution in [0.2, 0.25) is 0 Å². The molecule has 0 aliphatic heterocycles.